The summed E-state index contributed by atoms with van der Waals surface area (Å²) in [5, 5.41) is 11.8. The van der Waals surface area contributed by atoms with Crippen molar-refractivity contribution >= 4 is 41.0 Å². The van der Waals surface area contributed by atoms with Gasteiger partial charge in [-0.3, -0.25) is 9.89 Å². The second-order valence-electron chi connectivity index (χ2n) is 5.98. The largest absolute Gasteiger partial charge is 0.378 e. The lowest BCUT2D eigenvalue weighted by atomic mass is 10.1. The number of anilines is 1. The third-order valence-electron chi connectivity index (χ3n) is 3.82. The number of rotatable bonds is 5. The number of benzene rings is 2. The Morgan fingerprint density at radius 3 is 2.56 bits per heavy atom. The molecule has 3 rings (SSSR count). The van der Waals surface area contributed by atoms with Gasteiger partial charge in [-0.1, -0.05) is 35.3 Å². The summed E-state index contributed by atoms with van der Waals surface area (Å²) in [4.78, 5) is 14.2. The first kappa shape index (κ1) is 18.9. The van der Waals surface area contributed by atoms with Crippen LogP contribution in [-0.2, 0) is 0 Å². The fraction of sp³-hybridized carbons (Fsp3) is 0.105. The summed E-state index contributed by atoms with van der Waals surface area (Å²) in [5.41, 5.74) is 5.93. The molecule has 0 bridgehead atoms. The zero-order valence-corrected chi connectivity index (χ0v) is 16.2. The number of nitrogens with zero attached hydrogens (tertiary/aromatic N) is 3. The van der Waals surface area contributed by atoms with E-state index in [2.05, 4.69) is 20.7 Å². The van der Waals surface area contributed by atoms with E-state index >= 15 is 0 Å². The number of aromatic nitrogens is 2. The average Bonchev–Trinajstić information content (AvgIpc) is 3.12. The minimum atomic E-state index is -0.403. The third kappa shape index (κ3) is 4.67. The number of nitrogens with one attached hydrogen (secondary N) is 2. The average molecular weight is 402 g/mol. The predicted molar refractivity (Wildman–Crippen MR) is 110 cm³/mol. The lowest BCUT2D eigenvalue weighted by Crippen LogP contribution is -2.18. The Balaban J connectivity index is 1.65. The summed E-state index contributed by atoms with van der Waals surface area (Å²) in [6.07, 6.45) is 1.57. The molecule has 0 aliphatic heterocycles. The number of aromatic amines is 1. The molecule has 0 fully saturated rings. The molecule has 6 nitrogen and oxygen atoms in total. The number of halogens is 2. The Hall–Kier alpha value is -2.83. The standard InChI is InChI=1S/C19H17Cl2N5O/c1-26(2)14-6-3-12(4-7-14)11-22-25-19(27)18-10-17(23-24-18)15-8-5-13(20)9-16(15)21/h3-11H,1-2H3,(H,23,24)(H,25,27). The van der Waals surface area contributed by atoms with Crippen LogP contribution in [0.1, 0.15) is 16.1 Å². The minimum absolute atomic E-state index is 0.274. The van der Waals surface area contributed by atoms with Crippen molar-refractivity contribution in [1.82, 2.24) is 15.6 Å². The molecule has 138 valence electrons. The fourth-order valence-corrected chi connectivity index (χ4v) is 2.86. The second kappa shape index (κ2) is 8.24. The molecule has 1 aromatic heterocycles. The number of hydrogen-bond donors (Lipinski definition) is 2. The first-order valence-corrected chi connectivity index (χ1v) is 8.81. The minimum Gasteiger partial charge on any atom is -0.378 e. The van der Waals surface area contributed by atoms with Crippen LogP contribution in [0.5, 0.6) is 0 Å². The maximum atomic E-state index is 12.2. The molecule has 0 saturated heterocycles. The van der Waals surface area contributed by atoms with Gasteiger partial charge in [0.2, 0.25) is 0 Å². The number of amides is 1. The number of carbonyl (C=O) groups is 1. The molecule has 0 spiro atoms. The monoisotopic (exact) mass is 401 g/mol. The molecule has 0 saturated carbocycles. The zero-order valence-electron chi connectivity index (χ0n) is 14.7. The van der Waals surface area contributed by atoms with Crippen molar-refractivity contribution in [2.24, 2.45) is 5.10 Å². The van der Waals surface area contributed by atoms with Gasteiger partial charge < -0.3 is 4.90 Å². The molecular weight excluding hydrogens is 385 g/mol. The summed E-state index contributed by atoms with van der Waals surface area (Å²) >= 11 is 12.1. The highest BCUT2D eigenvalue weighted by molar-refractivity contribution is 6.36. The molecule has 0 aliphatic carbocycles. The van der Waals surface area contributed by atoms with Crippen LogP contribution < -0.4 is 10.3 Å². The van der Waals surface area contributed by atoms with E-state index in [1.54, 1.807) is 30.5 Å². The molecule has 2 N–H and O–H groups in total. The van der Waals surface area contributed by atoms with Gasteiger partial charge in [-0.25, -0.2) is 5.43 Å². The molecule has 1 heterocycles. The van der Waals surface area contributed by atoms with Gasteiger partial charge in [0.15, 0.2) is 0 Å². The number of carbonyl (C=O) groups excluding carboxylic acids is 1. The molecule has 0 radical (unpaired) electrons. The first-order valence-electron chi connectivity index (χ1n) is 8.05. The summed E-state index contributed by atoms with van der Waals surface area (Å²) in [5.74, 6) is -0.403. The van der Waals surface area contributed by atoms with Gasteiger partial charge in [0.05, 0.1) is 16.9 Å². The van der Waals surface area contributed by atoms with Crippen molar-refractivity contribution in [3.63, 3.8) is 0 Å². The van der Waals surface area contributed by atoms with Gasteiger partial charge in [0.25, 0.3) is 5.91 Å². The molecule has 3 aromatic rings. The molecule has 0 unspecified atom stereocenters. The molecular formula is C19H17Cl2N5O. The fourth-order valence-electron chi connectivity index (χ4n) is 2.36. The number of hydrazone groups is 1. The zero-order chi connectivity index (χ0) is 19.4. The summed E-state index contributed by atoms with van der Waals surface area (Å²) in [7, 11) is 3.94. The first-order chi connectivity index (χ1) is 12.9. The predicted octanol–water partition coefficient (Wildman–Crippen LogP) is 4.21. The Morgan fingerprint density at radius 1 is 1.15 bits per heavy atom. The van der Waals surface area contributed by atoms with E-state index in [-0.39, 0.29) is 5.69 Å². The maximum absolute atomic E-state index is 12.2. The van der Waals surface area contributed by atoms with Gasteiger partial charge in [-0.05, 0) is 42.0 Å². The normalized spacial score (nSPS) is 11.0. The van der Waals surface area contributed by atoms with Gasteiger partial charge in [-0.15, -0.1) is 0 Å². The highest BCUT2D eigenvalue weighted by Crippen LogP contribution is 2.29. The van der Waals surface area contributed by atoms with Crippen LogP contribution in [0.3, 0.4) is 0 Å². The highest BCUT2D eigenvalue weighted by Gasteiger charge is 2.12. The number of H-pyrrole nitrogens is 1. The van der Waals surface area contributed by atoms with Crippen molar-refractivity contribution < 1.29 is 4.79 Å². The Morgan fingerprint density at radius 2 is 1.89 bits per heavy atom. The lowest BCUT2D eigenvalue weighted by molar-refractivity contribution is 0.0950. The Bertz CT molecular complexity index is 980. The van der Waals surface area contributed by atoms with E-state index < -0.39 is 5.91 Å². The number of hydrogen-bond acceptors (Lipinski definition) is 4. The smallest absolute Gasteiger partial charge is 0.289 e. The maximum Gasteiger partial charge on any atom is 0.289 e. The second-order valence-corrected chi connectivity index (χ2v) is 6.82. The van der Waals surface area contributed by atoms with Crippen LogP contribution in [0.4, 0.5) is 5.69 Å². The van der Waals surface area contributed by atoms with Crippen molar-refractivity contribution in [3.05, 3.63) is 69.8 Å². The molecule has 0 atom stereocenters. The van der Waals surface area contributed by atoms with Crippen LogP contribution in [0.15, 0.2) is 53.6 Å². The van der Waals surface area contributed by atoms with Crippen LogP contribution in [0, 0.1) is 0 Å². The van der Waals surface area contributed by atoms with Gasteiger partial charge in [0.1, 0.15) is 5.69 Å². The van der Waals surface area contributed by atoms with Crippen LogP contribution in [-0.4, -0.2) is 36.4 Å². The van der Waals surface area contributed by atoms with E-state index in [0.717, 1.165) is 11.3 Å². The quantitative estimate of drug-likeness (QED) is 0.496. The molecule has 1 amide bonds. The Labute approximate surface area is 166 Å². The van der Waals surface area contributed by atoms with E-state index in [4.69, 9.17) is 23.2 Å². The van der Waals surface area contributed by atoms with Gasteiger partial charge in [0, 0.05) is 30.4 Å². The van der Waals surface area contributed by atoms with E-state index in [9.17, 15) is 4.79 Å². The molecule has 2 aromatic carbocycles. The van der Waals surface area contributed by atoms with Gasteiger partial charge in [-0.2, -0.15) is 10.2 Å². The van der Waals surface area contributed by atoms with Crippen LogP contribution in [0.2, 0.25) is 10.0 Å². The van der Waals surface area contributed by atoms with E-state index in [0.29, 0.717) is 21.3 Å². The summed E-state index contributed by atoms with van der Waals surface area (Å²) in [6, 6.07) is 14.5. The van der Waals surface area contributed by atoms with E-state index in [1.165, 1.54) is 0 Å². The van der Waals surface area contributed by atoms with Crippen molar-refractivity contribution in [1.29, 1.82) is 0 Å². The van der Waals surface area contributed by atoms with Crippen molar-refractivity contribution in [2.75, 3.05) is 19.0 Å². The van der Waals surface area contributed by atoms with Crippen molar-refractivity contribution in [2.45, 2.75) is 0 Å². The Kier molecular flexibility index (Phi) is 5.78. The topological polar surface area (TPSA) is 73.4 Å². The molecule has 27 heavy (non-hydrogen) atoms. The summed E-state index contributed by atoms with van der Waals surface area (Å²) < 4.78 is 0. The molecule has 8 heteroatoms. The third-order valence-corrected chi connectivity index (χ3v) is 4.37. The van der Waals surface area contributed by atoms with E-state index in [1.807, 2.05) is 43.3 Å². The lowest BCUT2D eigenvalue weighted by Gasteiger charge is -2.11. The van der Waals surface area contributed by atoms with Gasteiger partial charge >= 0.3 is 0 Å². The SMILES string of the molecule is CN(C)c1ccc(C=NNC(=O)c2cc(-c3ccc(Cl)cc3Cl)n[nH]2)cc1. The summed E-state index contributed by atoms with van der Waals surface area (Å²) in [6.45, 7) is 0. The highest BCUT2D eigenvalue weighted by atomic mass is 35.5. The van der Waals surface area contributed by atoms with Crippen LogP contribution in [0.25, 0.3) is 11.3 Å². The van der Waals surface area contributed by atoms with Crippen molar-refractivity contribution in [3.8, 4) is 11.3 Å². The molecule has 0 aliphatic rings. The van der Waals surface area contributed by atoms with Crippen LogP contribution >= 0.6 is 23.2 Å².